The van der Waals surface area contributed by atoms with Crippen LogP contribution in [-0.4, -0.2) is 34.5 Å². The average Bonchev–Trinajstić information content (AvgIpc) is 3.03. The number of aliphatic carboxylic acids is 1. The molecule has 0 aromatic heterocycles. The van der Waals surface area contributed by atoms with Crippen LogP contribution in [0.1, 0.15) is 46.0 Å². The van der Waals surface area contributed by atoms with Gasteiger partial charge in [0.2, 0.25) is 0 Å². The quantitative estimate of drug-likeness (QED) is 0.700. The highest BCUT2D eigenvalue weighted by molar-refractivity contribution is 5.76. The molecule has 4 nitrogen and oxygen atoms in total. The van der Waals surface area contributed by atoms with Gasteiger partial charge in [0.15, 0.2) is 0 Å². The predicted octanol–water partition coefficient (Wildman–Crippen LogP) is 1.81. The monoisotopic (exact) mass is 254 g/mol. The smallest absolute Gasteiger partial charge is 0.312 e. The summed E-state index contributed by atoms with van der Waals surface area (Å²) in [6, 6.07) is 0. The molecule has 1 spiro atoms. The zero-order chi connectivity index (χ0) is 13.2. The van der Waals surface area contributed by atoms with Crippen molar-refractivity contribution in [2.45, 2.75) is 57.7 Å². The second-order valence-electron chi connectivity index (χ2n) is 7.04. The van der Waals surface area contributed by atoms with Gasteiger partial charge in [0.05, 0.1) is 23.7 Å². The number of ether oxygens (including phenoxy) is 1. The van der Waals surface area contributed by atoms with Crippen molar-refractivity contribution in [2.75, 3.05) is 6.61 Å². The summed E-state index contributed by atoms with van der Waals surface area (Å²) in [7, 11) is 0. The van der Waals surface area contributed by atoms with E-state index in [2.05, 4.69) is 6.92 Å². The van der Waals surface area contributed by atoms with Gasteiger partial charge in [-0.1, -0.05) is 6.92 Å². The summed E-state index contributed by atoms with van der Waals surface area (Å²) in [5.74, 6) is -0.792. The molecule has 3 fully saturated rings. The van der Waals surface area contributed by atoms with Crippen LogP contribution in [0.3, 0.4) is 0 Å². The minimum Gasteiger partial charge on any atom is -0.481 e. The first-order valence-electron chi connectivity index (χ1n) is 6.88. The largest absolute Gasteiger partial charge is 0.481 e. The molecule has 0 radical (unpaired) electrons. The van der Waals surface area contributed by atoms with Crippen molar-refractivity contribution in [2.24, 2.45) is 16.7 Å². The lowest BCUT2D eigenvalue weighted by Gasteiger charge is -2.55. The molecule has 2 aliphatic carbocycles. The molecule has 0 aromatic rings. The Morgan fingerprint density at radius 1 is 1.28 bits per heavy atom. The van der Waals surface area contributed by atoms with Gasteiger partial charge in [-0.15, -0.1) is 0 Å². The Kier molecular flexibility index (Phi) is 2.40. The van der Waals surface area contributed by atoms with Gasteiger partial charge >= 0.3 is 5.97 Å². The lowest BCUT2D eigenvalue weighted by Crippen LogP contribution is -2.58. The molecule has 1 heterocycles. The Hall–Kier alpha value is -0.610. The number of rotatable bonds is 1. The molecule has 3 aliphatic rings. The van der Waals surface area contributed by atoms with Gasteiger partial charge in [0, 0.05) is 0 Å². The summed E-state index contributed by atoms with van der Waals surface area (Å²) in [5, 5.41) is 19.8. The van der Waals surface area contributed by atoms with E-state index < -0.39 is 17.5 Å². The third-order valence-electron chi connectivity index (χ3n) is 5.87. The number of carboxylic acids is 1. The van der Waals surface area contributed by atoms with E-state index in [1.54, 1.807) is 6.92 Å². The number of carbonyl (C=O) groups is 1. The third-order valence-corrected chi connectivity index (χ3v) is 5.87. The maximum absolute atomic E-state index is 11.7. The molecule has 3 rings (SSSR count). The summed E-state index contributed by atoms with van der Waals surface area (Å²) >= 11 is 0. The molecule has 2 saturated carbocycles. The molecule has 0 bridgehead atoms. The number of aliphatic hydroxyl groups is 1. The Labute approximate surface area is 107 Å². The summed E-state index contributed by atoms with van der Waals surface area (Å²) in [6.45, 7) is 4.75. The molecule has 1 aliphatic heterocycles. The van der Waals surface area contributed by atoms with E-state index in [-0.39, 0.29) is 16.9 Å². The van der Waals surface area contributed by atoms with Gasteiger partial charge in [-0.25, -0.2) is 0 Å². The first-order chi connectivity index (χ1) is 8.32. The average molecular weight is 254 g/mol. The van der Waals surface area contributed by atoms with E-state index in [9.17, 15) is 15.0 Å². The molecule has 18 heavy (non-hydrogen) atoms. The Morgan fingerprint density at radius 3 is 2.50 bits per heavy atom. The normalized spacial score (nSPS) is 55.1. The van der Waals surface area contributed by atoms with Crippen molar-refractivity contribution in [3.8, 4) is 0 Å². The van der Waals surface area contributed by atoms with Crippen LogP contribution in [0, 0.1) is 16.7 Å². The van der Waals surface area contributed by atoms with Crippen LogP contribution in [0.25, 0.3) is 0 Å². The first kappa shape index (κ1) is 12.4. The number of aliphatic hydroxyl groups excluding tert-OH is 1. The molecule has 2 N–H and O–H groups in total. The second-order valence-corrected chi connectivity index (χ2v) is 7.04. The van der Waals surface area contributed by atoms with Crippen molar-refractivity contribution < 1.29 is 19.7 Å². The van der Waals surface area contributed by atoms with Crippen molar-refractivity contribution in [1.29, 1.82) is 0 Å². The van der Waals surface area contributed by atoms with Crippen LogP contribution in [-0.2, 0) is 9.53 Å². The van der Waals surface area contributed by atoms with Crippen LogP contribution >= 0.6 is 0 Å². The fourth-order valence-electron chi connectivity index (χ4n) is 4.63. The van der Waals surface area contributed by atoms with E-state index in [0.29, 0.717) is 6.42 Å². The van der Waals surface area contributed by atoms with E-state index >= 15 is 0 Å². The van der Waals surface area contributed by atoms with Crippen molar-refractivity contribution in [3.05, 3.63) is 0 Å². The lowest BCUT2D eigenvalue weighted by atomic mass is 9.48. The van der Waals surface area contributed by atoms with Crippen LogP contribution in [0.15, 0.2) is 0 Å². The lowest BCUT2D eigenvalue weighted by molar-refractivity contribution is -0.183. The van der Waals surface area contributed by atoms with Gasteiger partial charge in [-0.3, -0.25) is 4.79 Å². The highest BCUT2D eigenvalue weighted by Crippen LogP contribution is 2.62. The second kappa shape index (κ2) is 3.48. The summed E-state index contributed by atoms with van der Waals surface area (Å²) in [4.78, 5) is 11.7. The highest BCUT2D eigenvalue weighted by Gasteiger charge is 2.64. The van der Waals surface area contributed by atoms with E-state index in [0.717, 1.165) is 32.3 Å². The predicted molar refractivity (Wildman–Crippen MR) is 65.1 cm³/mol. The van der Waals surface area contributed by atoms with E-state index in [1.165, 1.54) is 0 Å². The van der Waals surface area contributed by atoms with Crippen molar-refractivity contribution >= 4 is 5.97 Å². The molecular weight excluding hydrogens is 232 g/mol. The minimum atomic E-state index is -0.997. The molecule has 0 amide bonds. The van der Waals surface area contributed by atoms with Crippen LogP contribution in [0.4, 0.5) is 0 Å². The van der Waals surface area contributed by atoms with Gasteiger partial charge in [-0.05, 0) is 50.4 Å². The Morgan fingerprint density at radius 2 is 1.94 bits per heavy atom. The Balaban J connectivity index is 1.95. The number of epoxide rings is 1. The number of fused-ring (bicyclic) bond motifs is 1. The van der Waals surface area contributed by atoms with E-state index in [1.807, 2.05) is 0 Å². The minimum absolute atomic E-state index is 0.00111. The topological polar surface area (TPSA) is 70.1 Å². The number of carboxylic acid groups (broad SMARTS) is 1. The fraction of sp³-hybridized carbons (Fsp3) is 0.929. The summed E-state index contributed by atoms with van der Waals surface area (Å²) in [6.07, 6.45) is 3.54. The SMILES string of the molecule is C[C@@]12CC[C@@H](O)[C@@](C)(C(=O)O)C1CCC1(CO1)C2. The molecule has 102 valence electrons. The third kappa shape index (κ3) is 1.48. The fourth-order valence-corrected chi connectivity index (χ4v) is 4.63. The molecule has 4 heteroatoms. The van der Waals surface area contributed by atoms with Crippen molar-refractivity contribution in [3.63, 3.8) is 0 Å². The van der Waals surface area contributed by atoms with Gasteiger partial charge in [0.25, 0.3) is 0 Å². The summed E-state index contributed by atoms with van der Waals surface area (Å²) in [5.41, 5.74) is -0.947. The van der Waals surface area contributed by atoms with E-state index in [4.69, 9.17) is 4.74 Å². The standard InChI is InChI=1S/C14H22O4/c1-12-5-4-10(15)13(2,11(16)17)9(12)3-6-14(7-12)8-18-14/h9-10,15H,3-8H2,1-2H3,(H,16,17)/t9?,10-,12+,13+,14?/m1/s1. The molecule has 1 saturated heterocycles. The zero-order valence-corrected chi connectivity index (χ0v) is 11.1. The first-order valence-corrected chi connectivity index (χ1v) is 6.88. The van der Waals surface area contributed by atoms with Crippen LogP contribution in [0.2, 0.25) is 0 Å². The molecular formula is C14H22O4. The van der Waals surface area contributed by atoms with Gasteiger partial charge < -0.3 is 14.9 Å². The van der Waals surface area contributed by atoms with Crippen molar-refractivity contribution in [1.82, 2.24) is 0 Å². The van der Waals surface area contributed by atoms with Crippen LogP contribution < -0.4 is 0 Å². The number of hydrogen-bond acceptors (Lipinski definition) is 3. The molecule has 5 atom stereocenters. The summed E-state index contributed by atoms with van der Waals surface area (Å²) < 4.78 is 5.60. The molecule has 0 aromatic carbocycles. The van der Waals surface area contributed by atoms with Gasteiger partial charge in [-0.2, -0.15) is 0 Å². The maximum Gasteiger partial charge on any atom is 0.312 e. The zero-order valence-electron chi connectivity index (χ0n) is 11.1. The number of hydrogen-bond donors (Lipinski definition) is 2. The highest BCUT2D eigenvalue weighted by atomic mass is 16.6. The molecule has 2 unspecified atom stereocenters. The maximum atomic E-state index is 11.7. The van der Waals surface area contributed by atoms with Gasteiger partial charge in [0.1, 0.15) is 0 Å². The Bertz CT molecular complexity index is 389. The van der Waals surface area contributed by atoms with Crippen LogP contribution in [0.5, 0.6) is 0 Å².